The van der Waals surface area contributed by atoms with Crippen LogP contribution in [-0.4, -0.2) is 44.2 Å². The summed E-state index contributed by atoms with van der Waals surface area (Å²) >= 11 is 0. The molecule has 3 aromatic rings. The number of ether oxygens (including phenoxy) is 3. The Morgan fingerprint density at radius 3 is 2.39 bits per heavy atom. The van der Waals surface area contributed by atoms with E-state index in [0.717, 1.165) is 17.9 Å². The molecule has 0 radical (unpaired) electrons. The van der Waals surface area contributed by atoms with E-state index in [1.807, 2.05) is 54.6 Å². The molecule has 1 aliphatic heterocycles. The van der Waals surface area contributed by atoms with Gasteiger partial charge >= 0.3 is 0 Å². The summed E-state index contributed by atoms with van der Waals surface area (Å²) in [5.74, 6) is 1.69. The normalized spacial score (nSPS) is 13.5. The summed E-state index contributed by atoms with van der Waals surface area (Å²) < 4.78 is 17.1. The van der Waals surface area contributed by atoms with E-state index < -0.39 is 0 Å². The summed E-state index contributed by atoms with van der Waals surface area (Å²) in [4.78, 5) is 15.2. The van der Waals surface area contributed by atoms with Crippen LogP contribution in [0, 0.1) is 0 Å². The molecule has 0 aliphatic carbocycles. The lowest BCUT2D eigenvalue weighted by Gasteiger charge is -2.15. The smallest absolute Gasteiger partial charge is 0.255 e. The average Bonchev–Trinajstić information content (AvgIpc) is 3.38. The Bertz CT molecular complexity index is 1030. The highest BCUT2D eigenvalue weighted by Crippen LogP contribution is 2.29. The average molecular weight is 447 g/mol. The number of nitrogens with zero attached hydrogens (tertiary/aromatic N) is 1. The molecule has 0 aromatic heterocycles. The topological polar surface area (TPSA) is 60.0 Å². The van der Waals surface area contributed by atoms with Crippen molar-refractivity contribution in [2.24, 2.45) is 0 Å². The third-order valence-corrected chi connectivity index (χ3v) is 5.65. The SMILES string of the molecule is COc1cc(C(=O)Nc2ccc(OCCN3CCCC3)cc2)ccc1OCc1ccccc1. The summed E-state index contributed by atoms with van der Waals surface area (Å²) in [6.45, 7) is 4.38. The molecule has 1 heterocycles. The van der Waals surface area contributed by atoms with Gasteiger partial charge in [0.1, 0.15) is 19.0 Å². The Morgan fingerprint density at radius 2 is 1.67 bits per heavy atom. The van der Waals surface area contributed by atoms with Gasteiger partial charge in [-0.25, -0.2) is 0 Å². The molecule has 4 rings (SSSR count). The Hall–Kier alpha value is -3.51. The zero-order chi connectivity index (χ0) is 22.9. The number of anilines is 1. The van der Waals surface area contributed by atoms with Crippen molar-refractivity contribution in [3.8, 4) is 17.2 Å². The van der Waals surface area contributed by atoms with Crippen LogP contribution in [0.1, 0.15) is 28.8 Å². The van der Waals surface area contributed by atoms with Crippen molar-refractivity contribution >= 4 is 11.6 Å². The van der Waals surface area contributed by atoms with Crippen LogP contribution in [-0.2, 0) is 6.61 Å². The van der Waals surface area contributed by atoms with E-state index in [4.69, 9.17) is 14.2 Å². The fourth-order valence-electron chi connectivity index (χ4n) is 3.80. The monoisotopic (exact) mass is 446 g/mol. The summed E-state index contributed by atoms with van der Waals surface area (Å²) in [5, 5.41) is 2.92. The van der Waals surface area contributed by atoms with Crippen LogP contribution in [0.15, 0.2) is 72.8 Å². The van der Waals surface area contributed by atoms with Crippen LogP contribution in [0.5, 0.6) is 17.2 Å². The zero-order valence-electron chi connectivity index (χ0n) is 19.0. The van der Waals surface area contributed by atoms with E-state index in [2.05, 4.69) is 10.2 Å². The van der Waals surface area contributed by atoms with E-state index in [0.29, 0.717) is 36.0 Å². The van der Waals surface area contributed by atoms with Crippen LogP contribution < -0.4 is 19.5 Å². The second kappa shape index (κ2) is 11.4. The Balaban J connectivity index is 1.30. The van der Waals surface area contributed by atoms with E-state index in [9.17, 15) is 4.79 Å². The number of nitrogens with one attached hydrogen (secondary N) is 1. The number of hydrogen-bond acceptors (Lipinski definition) is 5. The maximum Gasteiger partial charge on any atom is 0.255 e. The first-order valence-corrected chi connectivity index (χ1v) is 11.3. The number of rotatable bonds is 10. The molecule has 1 amide bonds. The van der Waals surface area contributed by atoms with Crippen LogP contribution >= 0.6 is 0 Å². The van der Waals surface area contributed by atoms with Gasteiger partial charge in [-0.15, -0.1) is 0 Å². The highest BCUT2D eigenvalue weighted by atomic mass is 16.5. The molecule has 33 heavy (non-hydrogen) atoms. The van der Waals surface area contributed by atoms with E-state index in [1.54, 1.807) is 25.3 Å². The van der Waals surface area contributed by atoms with Crippen molar-refractivity contribution in [2.75, 3.05) is 38.7 Å². The van der Waals surface area contributed by atoms with Gasteiger partial charge < -0.3 is 19.5 Å². The number of carbonyl (C=O) groups excluding carboxylic acids is 1. The molecule has 1 fully saturated rings. The first-order chi connectivity index (χ1) is 16.2. The molecule has 0 atom stereocenters. The number of hydrogen-bond donors (Lipinski definition) is 1. The van der Waals surface area contributed by atoms with Crippen molar-refractivity contribution in [3.63, 3.8) is 0 Å². The molecule has 3 aromatic carbocycles. The molecule has 0 spiro atoms. The van der Waals surface area contributed by atoms with Crippen LogP contribution in [0.25, 0.3) is 0 Å². The predicted octanol–water partition coefficient (Wildman–Crippen LogP) is 5.00. The van der Waals surface area contributed by atoms with Gasteiger partial charge in [0.25, 0.3) is 5.91 Å². The highest BCUT2D eigenvalue weighted by molar-refractivity contribution is 6.04. The molecule has 0 saturated carbocycles. The molecule has 1 saturated heterocycles. The molecule has 172 valence electrons. The Morgan fingerprint density at radius 1 is 0.909 bits per heavy atom. The molecule has 6 nitrogen and oxygen atoms in total. The molecular weight excluding hydrogens is 416 g/mol. The van der Waals surface area contributed by atoms with Gasteiger partial charge in [0.05, 0.1) is 7.11 Å². The van der Waals surface area contributed by atoms with Gasteiger partial charge in [0, 0.05) is 17.8 Å². The van der Waals surface area contributed by atoms with Gasteiger partial charge in [-0.2, -0.15) is 0 Å². The van der Waals surface area contributed by atoms with Gasteiger partial charge in [0.15, 0.2) is 11.5 Å². The van der Waals surface area contributed by atoms with Crippen molar-refractivity contribution in [1.82, 2.24) is 4.90 Å². The number of benzene rings is 3. The minimum absolute atomic E-state index is 0.217. The molecule has 0 unspecified atom stereocenters. The van der Waals surface area contributed by atoms with Crippen molar-refractivity contribution < 1.29 is 19.0 Å². The molecule has 1 aliphatic rings. The first kappa shape index (κ1) is 22.7. The maximum absolute atomic E-state index is 12.7. The molecule has 1 N–H and O–H groups in total. The van der Waals surface area contributed by atoms with Crippen LogP contribution in [0.3, 0.4) is 0 Å². The Kier molecular flexibility index (Phi) is 7.82. The number of likely N-dealkylation sites (tertiary alicyclic amines) is 1. The van der Waals surface area contributed by atoms with Crippen molar-refractivity contribution in [3.05, 3.63) is 83.9 Å². The molecule has 6 heteroatoms. The zero-order valence-corrected chi connectivity index (χ0v) is 19.0. The van der Waals surface area contributed by atoms with Crippen molar-refractivity contribution in [2.45, 2.75) is 19.4 Å². The minimum atomic E-state index is -0.217. The van der Waals surface area contributed by atoms with Gasteiger partial charge in [-0.1, -0.05) is 30.3 Å². The summed E-state index contributed by atoms with van der Waals surface area (Å²) in [5.41, 5.74) is 2.25. The second-order valence-electron chi connectivity index (χ2n) is 8.02. The lowest BCUT2D eigenvalue weighted by Crippen LogP contribution is -2.25. The highest BCUT2D eigenvalue weighted by Gasteiger charge is 2.13. The lowest BCUT2D eigenvalue weighted by molar-refractivity contribution is 0.102. The van der Waals surface area contributed by atoms with Gasteiger partial charge in [0.2, 0.25) is 0 Å². The van der Waals surface area contributed by atoms with Gasteiger partial charge in [-0.05, 0) is 74.0 Å². The largest absolute Gasteiger partial charge is 0.493 e. The first-order valence-electron chi connectivity index (χ1n) is 11.3. The van der Waals surface area contributed by atoms with Crippen LogP contribution in [0.2, 0.25) is 0 Å². The summed E-state index contributed by atoms with van der Waals surface area (Å²) in [6, 6.07) is 22.5. The fourth-order valence-corrected chi connectivity index (χ4v) is 3.80. The fraction of sp³-hybridized carbons (Fsp3) is 0.296. The molecule has 0 bridgehead atoms. The number of carbonyl (C=O) groups is 1. The van der Waals surface area contributed by atoms with Crippen molar-refractivity contribution in [1.29, 1.82) is 0 Å². The third-order valence-electron chi connectivity index (χ3n) is 5.65. The van der Waals surface area contributed by atoms with E-state index in [-0.39, 0.29) is 5.91 Å². The number of amides is 1. The van der Waals surface area contributed by atoms with E-state index >= 15 is 0 Å². The predicted molar refractivity (Wildman–Crippen MR) is 129 cm³/mol. The minimum Gasteiger partial charge on any atom is -0.493 e. The quantitative estimate of drug-likeness (QED) is 0.475. The summed E-state index contributed by atoms with van der Waals surface area (Å²) in [6.07, 6.45) is 2.56. The standard InChI is InChI=1S/C27H30N2O4/c1-31-26-19-22(9-14-25(26)33-20-21-7-3-2-4-8-21)27(30)28-23-10-12-24(13-11-23)32-18-17-29-15-5-6-16-29/h2-4,7-14,19H,5-6,15-18,20H2,1H3,(H,28,30). The summed E-state index contributed by atoms with van der Waals surface area (Å²) in [7, 11) is 1.56. The van der Waals surface area contributed by atoms with Crippen LogP contribution in [0.4, 0.5) is 5.69 Å². The second-order valence-corrected chi connectivity index (χ2v) is 8.02. The third kappa shape index (κ3) is 6.49. The lowest BCUT2D eigenvalue weighted by atomic mass is 10.1. The van der Waals surface area contributed by atoms with Gasteiger partial charge in [-0.3, -0.25) is 9.69 Å². The van der Waals surface area contributed by atoms with E-state index in [1.165, 1.54) is 25.9 Å². The Labute approximate surface area is 195 Å². The number of methoxy groups -OCH3 is 1. The maximum atomic E-state index is 12.7. The molecular formula is C27H30N2O4.